The highest BCUT2D eigenvalue weighted by atomic mass is 15.2. The van der Waals surface area contributed by atoms with Crippen molar-refractivity contribution in [3.05, 3.63) is 12.4 Å². The molecule has 18 heavy (non-hydrogen) atoms. The number of nitrogens with zero attached hydrogens (tertiary/aromatic N) is 4. The standard InChI is InChI=1S/C13H19N5/c1-18(9-14)13-8-12(15-10-16-13)17-11-6-4-2-3-5-7-11/h8,10-11H,2-7H2,1H3,(H,15,16,17). The fourth-order valence-corrected chi connectivity index (χ4v) is 2.29. The van der Waals surface area contributed by atoms with Gasteiger partial charge in [0.05, 0.1) is 0 Å². The molecule has 1 aromatic rings. The van der Waals surface area contributed by atoms with Crippen LogP contribution in [-0.2, 0) is 0 Å². The van der Waals surface area contributed by atoms with E-state index in [1.165, 1.54) is 49.8 Å². The normalized spacial score (nSPS) is 16.7. The van der Waals surface area contributed by atoms with Crippen LogP contribution in [0, 0.1) is 11.5 Å². The Balaban J connectivity index is 2.02. The minimum atomic E-state index is 0.502. The molecule has 0 saturated heterocycles. The lowest BCUT2D eigenvalue weighted by Crippen LogP contribution is -2.19. The number of aromatic nitrogens is 2. The molecule has 1 fully saturated rings. The molecule has 1 N–H and O–H groups in total. The van der Waals surface area contributed by atoms with Crippen LogP contribution in [-0.4, -0.2) is 23.1 Å². The molecule has 0 spiro atoms. The monoisotopic (exact) mass is 245 g/mol. The average molecular weight is 245 g/mol. The maximum absolute atomic E-state index is 8.83. The van der Waals surface area contributed by atoms with Gasteiger partial charge in [0.2, 0.25) is 0 Å². The zero-order valence-electron chi connectivity index (χ0n) is 10.8. The van der Waals surface area contributed by atoms with E-state index in [4.69, 9.17) is 5.26 Å². The fourth-order valence-electron chi connectivity index (χ4n) is 2.29. The minimum Gasteiger partial charge on any atom is -0.367 e. The molecule has 0 unspecified atom stereocenters. The number of rotatable bonds is 3. The lowest BCUT2D eigenvalue weighted by Gasteiger charge is -2.17. The lowest BCUT2D eigenvalue weighted by atomic mass is 10.1. The van der Waals surface area contributed by atoms with Gasteiger partial charge in [-0.25, -0.2) is 9.97 Å². The number of hydrogen-bond acceptors (Lipinski definition) is 5. The van der Waals surface area contributed by atoms with Crippen molar-refractivity contribution in [1.82, 2.24) is 9.97 Å². The van der Waals surface area contributed by atoms with Crippen LogP contribution < -0.4 is 10.2 Å². The van der Waals surface area contributed by atoms with E-state index < -0.39 is 0 Å². The molecule has 5 heteroatoms. The van der Waals surface area contributed by atoms with E-state index in [9.17, 15) is 0 Å². The summed E-state index contributed by atoms with van der Waals surface area (Å²) in [7, 11) is 1.69. The van der Waals surface area contributed by atoms with Gasteiger partial charge in [-0.2, -0.15) is 5.26 Å². The summed E-state index contributed by atoms with van der Waals surface area (Å²) in [6, 6.07) is 2.33. The summed E-state index contributed by atoms with van der Waals surface area (Å²) in [6.45, 7) is 0. The summed E-state index contributed by atoms with van der Waals surface area (Å²) in [5, 5.41) is 12.3. The maximum Gasteiger partial charge on any atom is 0.185 e. The first-order chi connectivity index (χ1) is 8.79. The summed E-state index contributed by atoms with van der Waals surface area (Å²) < 4.78 is 0. The molecule has 5 nitrogen and oxygen atoms in total. The van der Waals surface area contributed by atoms with Gasteiger partial charge in [0.25, 0.3) is 0 Å². The SMILES string of the molecule is CN(C#N)c1cc(NC2CCCCCC2)ncn1. The molecule has 1 heterocycles. The molecule has 2 rings (SSSR count). The number of hydrogen-bond donors (Lipinski definition) is 1. The molecule has 0 aliphatic heterocycles. The van der Waals surface area contributed by atoms with Crippen molar-refractivity contribution in [2.75, 3.05) is 17.3 Å². The van der Waals surface area contributed by atoms with Gasteiger partial charge < -0.3 is 5.32 Å². The summed E-state index contributed by atoms with van der Waals surface area (Å²) in [4.78, 5) is 9.73. The molecule has 1 aromatic heterocycles. The van der Waals surface area contributed by atoms with Crippen molar-refractivity contribution in [3.63, 3.8) is 0 Å². The van der Waals surface area contributed by atoms with E-state index in [2.05, 4.69) is 15.3 Å². The second-order valence-electron chi connectivity index (χ2n) is 4.75. The van der Waals surface area contributed by atoms with Crippen LogP contribution in [0.15, 0.2) is 12.4 Å². The first-order valence-corrected chi connectivity index (χ1v) is 6.51. The second kappa shape index (κ2) is 6.20. The molecule has 96 valence electrons. The van der Waals surface area contributed by atoms with Gasteiger partial charge in [0, 0.05) is 19.2 Å². The minimum absolute atomic E-state index is 0.502. The zero-order chi connectivity index (χ0) is 12.8. The highest BCUT2D eigenvalue weighted by Gasteiger charge is 2.13. The van der Waals surface area contributed by atoms with Gasteiger partial charge in [0.1, 0.15) is 18.0 Å². The summed E-state index contributed by atoms with van der Waals surface area (Å²) in [6.07, 6.45) is 11.2. The largest absolute Gasteiger partial charge is 0.367 e. The summed E-state index contributed by atoms with van der Waals surface area (Å²) in [5.41, 5.74) is 0. The Bertz CT molecular complexity index is 418. The van der Waals surface area contributed by atoms with Crippen molar-refractivity contribution in [2.45, 2.75) is 44.6 Å². The number of anilines is 2. The molecule has 0 atom stereocenters. The Morgan fingerprint density at radius 1 is 1.28 bits per heavy atom. The Kier molecular flexibility index (Phi) is 4.35. The Labute approximate surface area is 108 Å². The van der Waals surface area contributed by atoms with Gasteiger partial charge in [-0.05, 0) is 12.8 Å². The third kappa shape index (κ3) is 3.33. The predicted molar refractivity (Wildman–Crippen MR) is 71.2 cm³/mol. The van der Waals surface area contributed by atoms with Crippen molar-refractivity contribution in [2.24, 2.45) is 0 Å². The van der Waals surface area contributed by atoms with Crippen molar-refractivity contribution < 1.29 is 0 Å². The van der Waals surface area contributed by atoms with Crippen LogP contribution in [0.2, 0.25) is 0 Å². The second-order valence-corrected chi connectivity index (χ2v) is 4.75. The molecule has 1 saturated carbocycles. The maximum atomic E-state index is 8.83. The van der Waals surface area contributed by atoms with Gasteiger partial charge in [-0.15, -0.1) is 0 Å². The van der Waals surface area contributed by atoms with Gasteiger partial charge in [-0.1, -0.05) is 25.7 Å². The summed E-state index contributed by atoms with van der Waals surface area (Å²) >= 11 is 0. The van der Waals surface area contributed by atoms with Crippen LogP contribution in [0.4, 0.5) is 11.6 Å². The highest BCUT2D eigenvalue weighted by Crippen LogP contribution is 2.21. The molecule has 0 radical (unpaired) electrons. The predicted octanol–water partition coefficient (Wildman–Crippen LogP) is 2.53. The molecule has 0 aromatic carbocycles. The molecule has 1 aliphatic rings. The van der Waals surface area contributed by atoms with E-state index in [1.807, 2.05) is 12.3 Å². The van der Waals surface area contributed by atoms with E-state index in [-0.39, 0.29) is 0 Å². The van der Waals surface area contributed by atoms with Crippen LogP contribution in [0.5, 0.6) is 0 Å². The summed E-state index contributed by atoms with van der Waals surface area (Å²) in [5.74, 6) is 1.44. The van der Waals surface area contributed by atoms with Crippen LogP contribution in [0.25, 0.3) is 0 Å². The first kappa shape index (κ1) is 12.6. The topological polar surface area (TPSA) is 64.8 Å². The van der Waals surface area contributed by atoms with Crippen LogP contribution in [0.3, 0.4) is 0 Å². The Morgan fingerprint density at radius 3 is 2.67 bits per heavy atom. The van der Waals surface area contributed by atoms with E-state index in [0.717, 1.165) is 5.82 Å². The van der Waals surface area contributed by atoms with Gasteiger partial charge in [-0.3, -0.25) is 4.90 Å². The molecule has 0 amide bonds. The van der Waals surface area contributed by atoms with Crippen molar-refractivity contribution in [3.8, 4) is 6.19 Å². The zero-order valence-corrected chi connectivity index (χ0v) is 10.8. The van der Waals surface area contributed by atoms with Gasteiger partial charge >= 0.3 is 0 Å². The third-order valence-corrected chi connectivity index (χ3v) is 3.35. The van der Waals surface area contributed by atoms with Gasteiger partial charge in [0.15, 0.2) is 6.19 Å². The van der Waals surface area contributed by atoms with Crippen LogP contribution >= 0.6 is 0 Å². The quantitative estimate of drug-likeness (QED) is 0.503. The highest BCUT2D eigenvalue weighted by molar-refractivity contribution is 5.50. The van der Waals surface area contributed by atoms with E-state index in [0.29, 0.717) is 11.9 Å². The number of nitrogens with one attached hydrogen (secondary N) is 1. The van der Waals surface area contributed by atoms with Crippen LogP contribution in [0.1, 0.15) is 38.5 Å². The molecular weight excluding hydrogens is 226 g/mol. The smallest absolute Gasteiger partial charge is 0.185 e. The fraction of sp³-hybridized carbons (Fsp3) is 0.615. The first-order valence-electron chi connectivity index (χ1n) is 6.51. The molecule has 1 aliphatic carbocycles. The Hall–Kier alpha value is -1.83. The number of nitriles is 1. The molecule has 0 bridgehead atoms. The third-order valence-electron chi connectivity index (χ3n) is 3.35. The lowest BCUT2D eigenvalue weighted by molar-refractivity contribution is 0.617. The van der Waals surface area contributed by atoms with Crippen molar-refractivity contribution >= 4 is 11.6 Å². The molecular formula is C13H19N5. The van der Waals surface area contributed by atoms with E-state index >= 15 is 0 Å². The van der Waals surface area contributed by atoms with E-state index in [1.54, 1.807) is 7.05 Å². The van der Waals surface area contributed by atoms with Crippen molar-refractivity contribution in [1.29, 1.82) is 5.26 Å². The Morgan fingerprint density at radius 2 is 2.00 bits per heavy atom. The average Bonchev–Trinajstić information content (AvgIpc) is 2.67.